The van der Waals surface area contributed by atoms with E-state index in [2.05, 4.69) is 26.6 Å². The number of nitrogens with zero attached hydrogens (tertiary/aromatic N) is 1. The minimum absolute atomic E-state index is 0.339. The summed E-state index contributed by atoms with van der Waals surface area (Å²) in [5.74, 6) is -0.787. The maximum atomic E-state index is 13.2. The Kier molecular flexibility index (Phi) is 4.91. The van der Waals surface area contributed by atoms with Crippen LogP contribution in [0.5, 0.6) is 0 Å². The number of rotatable bonds is 3. The summed E-state index contributed by atoms with van der Waals surface area (Å²) >= 11 is 3.33. The minimum atomic E-state index is -1.27. The van der Waals surface area contributed by atoms with Gasteiger partial charge in [0.2, 0.25) is 11.8 Å². The van der Waals surface area contributed by atoms with Gasteiger partial charge in [-0.1, -0.05) is 34.1 Å². The van der Waals surface area contributed by atoms with Gasteiger partial charge in [0.1, 0.15) is 12.1 Å². The van der Waals surface area contributed by atoms with Gasteiger partial charge in [0, 0.05) is 10.9 Å². The lowest BCUT2D eigenvalue weighted by Gasteiger charge is -2.27. The van der Waals surface area contributed by atoms with Crippen LogP contribution in [-0.2, 0) is 22.4 Å². The first-order valence-electron chi connectivity index (χ1n) is 9.14. The Labute approximate surface area is 175 Å². The van der Waals surface area contributed by atoms with E-state index in [0.717, 1.165) is 21.3 Å². The van der Waals surface area contributed by atoms with Crippen LogP contribution in [-0.4, -0.2) is 35.1 Å². The van der Waals surface area contributed by atoms with Gasteiger partial charge in [-0.05, 0) is 42.2 Å². The highest BCUT2D eigenvalue weighted by Gasteiger charge is 2.44. The molecule has 0 saturated carbocycles. The molecular weight excluding hydrogens is 440 g/mol. The van der Waals surface area contributed by atoms with Crippen molar-refractivity contribution in [2.45, 2.75) is 31.3 Å². The fourth-order valence-electron chi connectivity index (χ4n) is 3.99. The number of amides is 3. The fraction of sp³-hybridized carbons (Fsp3) is 0.250. The number of hydrogen-bond acceptors (Lipinski definition) is 4. The first-order chi connectivity index (χ1) is 13.8. The molecule has 2 aromatic rings. The van der Waals surface area contributed by atoms with Crippen LogP contribution >= 0.6 is 15.9 Å². The van der Waals surface area contributed by atoms with E-state index >= 15 is 0 Å². The van der Waals surface area contributed by atoms with E-state index in [0.29, 0.717) is 30.6 Å². The maximum absolute atomic E-state index is 13.2. The Morgan fingerprint density at radius 3 is 2.69 bits per heavy atom. The second-order valence-electron chi connectivity index (χ2n) is 7.11. The van der Waals surface area contributed by atoms with Gasteiger partial charge in [0.15, 0.2) is 0 Å². The number of carbonyl (C=O) groups excluding carboxylic acids is 2. The van der Waals surface area contributed by atoms with E-state index in [1.165, 1.54) is 4.90 Å². The summed E-state index contributed by atoms with van der Waals surface area (Å²) in [5.41, 5.74) is 9.39. The number of hydrogen-bond donors (Lipinski definition) is 4. The third kappa shape index (κ3) is 3.53. The summed E-state index contributed by atoms with van der Waals surface area (Å²) in [6.45, 7) is 0. The molecule has 0 fully saturated rings. The normalized spacial score (nSPS) is 20.0. The number of carboxylic acid groups (broad SMARTS) is 1. The Morgan fingerprint density at radius 1 is 1.21 bits per heavy atom. The molecule has 3 amide bonds. The number of anilines is 3. The maximum Gasteiger partial charge on any atom is 0.405 e. The predicted octanol–water partition coefficient (Wildman–Crippen LogP) is 2.51. The summed E-state index contributed by atoms with van der Waals surface area (Å²) in [6, 6.07) is 9.15. The number of aryl methyl sites for hydroxylation is 1. The Hall–Kier alpha value is -3.07. The fourth-order valence-corrected chi connectivity index (χ4v) is 4.37. The molecule has 0 radical (unpaired) electrons. The average Bonchev–Trinajstić information content (AvgIpc) is 3.00. The van der Waals surface area contributed by atoms with E-state index in [1.807, 2.05) is 18.2 Å². The molecule has 0 aromatic heterocycles. The van der Waals surface area contributed by atoms with Crippen LogP contribution in [0.4, 0.5) is 21.9 Å². The molecule has 0 saturated heterocycles. The molecule has 2 heterocycles. The number of para-hydroxylation sites is 1. The van der Waals surface area contributed by atoms with Crippen molar-refractivity contribution in [2.24, 2.45) is 0 Å². The largest absolute Gasteiger partial charge is 0.465 e. The van der Waals surface area contributed by atoms with E-state index in [1.54, 1.807) is 18.2 Å². The van der Waals surface area contributed by atoms with Gasteiger partial charge in [0.05, 0.1) is 17.1 Å². The molecule has 5 N–H and O–H groups in total. The van der Waals surface area contributed by atoms with Crippen molar-refractivity contribution in [1.82, 2.24) is 5.32 Å². The molecule has 9 heteroatoms. The monoisotopic (exact) mass is 458 g/mol. The van der Waals surface area contributed by atoms with Crippen molar-refractivity contribution < 1.29 is 19.5 Å². The lowest BCUT2D eigenvalue weighted by atomic mass is 10.0. The predicted molar refractivity (Wildman–Crippen MR) is 112 cm³/mol. The van der Waals surface area contributed by atoms with Gasteiger partial charge >= 0.3 is 6.09 Å². The molecule has 0 spiro atoms. The molecule has 2 aliphatic rings. The summed E-state index contributed by atoms with van der Waals surface area (Å²) in [5, 5.41) is 14.2. The minimum Gasteiger partial charge on any atom is -0.465 e. The van der Waals surface area contributed by atoms with Crippen LogP contribution < -0.4 is 21.3 Å². The molecule has 2 atom stereocenters. The Morgan fingerprint density at radius 2 is 1.97 bits per heavy atom. The summed E-state index contributed by atoms with van der Waals surface area (Å²) < 4.78 is 0.788. The molecule has 0 unspecified atom stereocenters. The SMILES string of the molecule is Nc1cc(Br)ccc1NC(=O)[C@@H]1Cc2cccc3c2N1C(=O)[C@@H](NC(=O)O)CC3. The molecule has 0 bridgehead atoms. The van der Waals surface area contributed by atoms with Crippen molar-refractivity contribution in [3.05, 3.63) is 52.0 Å². The summed E-state index contributed by atoms with van der Waals surface area (Å²) in [4.78, 5) is 38.9. The van der Waals surface area contributed by atoms with Crippen LogP contribution in [0.15, 0.2) is 40.9 Å². The van der Waals surface area contributed by atoms with Gasteiger partial charge in [-0.3, -0.25) is 14.5 Å². The first kappa shape index (κ1) is 19.3. The van der Waals surface area contributed by atoms with Crippen molar-refractivity contribution in [1.29, 1.82) is 0 Å². The van der Waals surface area contributed by atoms with Gasteiger partial charge in [-0.15, -0.1) is 0 Å². The first-order valence-corrected chi connectivity index (χ1v) is 9.93. The summed E-state index contributed by atoms with van der Waals surface area (Å²) in [7, 11) is 0. The molecule has 8 nitrogen and oxygen atoms in total. The highest BCUT2D eigenvalue weighted by molar-refractivity contribution is 9.10. The van der Waals surface area contributed by atoms with E-state index in [4.69, 9.17) is 10.8 Å². The smallest absolute Gasteiger partial charge is 0.405 e. The quantitative estimate of drug-likeness (QED) is 0.525. The van der Waals surface area contributed by atoms with Crippen LogP contribution in [0.25, 0.3) is 0 Å². The topological polar surface area (TPSA) is 125 Å². The van der Waals surface area contributed by atoms with Crippen molar-refractivity contribution in [3.63, 3.8) is 0 Å². The number of nitrogen functional groups attached to an aromatic ring is 1. The third-order valence-electron chi connectivity index (χ3n) is 5.28. The molecule has 150 valence electrons. The Balaban J connectivity index is 1.67. The van der Waals surface area contributed by atoms with E-state index in [9.17, 15) is 14.4 Å². The molecule has 29 heavy (non-hydrogen) atoms. The zero-order valence-electron chi connectivity index (χ0n) is 15.3. The number of halogens is 1. The Bertz CT molecular complexity index is 1030. The number of nitrogens with two attached hydrogens (primary N) is 1. The lowest BCUT2D eigenvalue weighted by molar-refractivity contribution is -0.124. The molecular formula is C20H19BrN4O4. The van der Waals surface area contributed by atoms with Crippen molar-refractivity contribution >= 4 is 50.9 Å². The number of nitrogens with one attached hydrogen (secondary N) is 2. The number of benzene rings is 2. The molecule has 2 aromatic carbocycles. The van der Waals surface area contributed by atoms with Crippen molar-refractivity contribution in [2.75, 3.05) is 16.0 Å². The molecule has 4 rings (SSSR count). The molecule has 0 aliphatic carbocycles. The van der Waals surface area contributed by atoms with Gasteiger partial charge in [-0.2, -0.15) is 0 Å². The highest BCUT2D eigenvalue weighted by Crippen LogP contribution is 2.39. The third-order valence-corrected chi connectivity index (χ3v) is 5.77. The van der Waals surface area contributed by atoms with Crippen LogP contribution in [0.2, 0.25) is 0 Å². The highest BCUT2D eigenvalue weighted by atomic mass is 79.9. The van der Waals surface area contributed by atoms with Gasteiger partial charge in [0.25, 0.3) is 0 Å². The lowest BCUT2D eigenvalue weighted by Crippen LogP contribution is -2.53. The second kappa shape index (κ2) is 7.40. The second-order valence-corrected chi connectivity index (χ2v) is 8.03. The van der Waals surface area contributed by atoms with Gasteiger partial charge < -0.3 is 21.5 Å². The van der Waals surface area contributed by atoms with E-state index in [-0.39, 0.29) is 5.91 Å². The molecule has 2 aliphatic heterocycles. The van der Waals surface area contributed by atoms with Crippen LogP contribution in [0.1, 0.15) is 17.5 Å². The summed E-state index contributed by atoms with van der Waals surface area (Å²) in [6.07, 6.45) is -0.0229. The zero-order valence-corrected chi connectivity index (χ0v) is 16.9. The van der Waals surface area contributed by atoms with Crippen molar-refractivity contribution in [3.8, 4) is 0 Å². The average molecular weight is 459 g/mol. The standard InChI is InChI=1S/C20H19BrN4O4/c21-12-5-7-14(13(22)9-12)23-18(26)16-8-11-3-1-2-10-4-6-15(24-20(28)29)19(27)25(16)17(10)11/h1-3,5,7,9,15-16,24H,4,6,8,22H2,(H,23,26)(H,28,29)/t15-,16-/m0/s1. The zero-order chi connectivity index (χ0) is 20.7. The van der Waals surface area contributed by atoms with Gasteiger partial charge in [-0.25, -0.2) is 4.79 Å². The number of carbonyl (C=O) groups is 3. The van der Waals surface area contributed by atoms with Crippen LogP contribution in [0, 0.1) is 0 Å². The van der Waals surface area contributed by atoms with E-state index < -0.39 is 24.1 Å². The van der Waals surface area contributed by atoms with Crippen LogP contribution in [0.3, 0.4) is 0 Å².